The van der Waals surface area contributed by atoms with Crippen LogP contribution in [0.25, 0.3) is 6.08 Å². The highest BCUT2D eigenvalue weighted by atomic mass is 35.5. The average molecular weight is 306 g/mol. The Morgan fingerprint density at radius 2 is 1.75 bits per heavy atom. The van der Waals surface area contributed by atoms with E-state index >= 15 is 0 Å². The van der Waals surface area contributed by atoms with Gasteiger partial charge >= 0.3 is 0 Å². The summed E-state index contributed by atoms with van der Waals surface area (Å²) in [6.45, 7) is 0.461. The Hall–Kier alpha value is -1.77. The molecule has 2 rings (SSSR count). The molecule has 0 unspecified atom stereocenters. The molecule has 0 aliphatic heterocycles. The van der Waals surface area contributed by atoms with Crippen LogP contribution < -0.4 is 5.32 Å². The largest absolute Gasteiger partial charge is 0.348 e. The van der Waals surface area contributed by atoms with Crippen molar-refractivity contribution in [3.63, 3.8) is 0 Å². The Kier molecular flexibility index (Phi) is 5.22. The first-order valence-electron chi connectivity index (χ1n) is 6.10. The molecule has 0 spiro atoms. The number of rotatable bonds is 4. The summed E-state index contributed by atoms with van der Waals surface area (Å²) in [5.41, 5.74) is 1.81. The molecule has 0 saturated heterocycles. The van der Waals surface area contributed by atoms with Crippen molar-refractivity contribution < 1.29 is 4.79 Å². The van der Waals surface area contributed by atoms with Crippen molar-refractivity contribution in [3.05, 3.63) is 75.8 Å². The van der Waals surface area contributed by atoms with Crippen molar-refractivity contribution in [1.29, 1.82) is 0 Å². The minimum absolute atomic E-state index is 0.167. The number of hydrogen-bond acceptors (Lipinski definition) is 1. The third-order valence-electron chi connectivity index (χ3n) is 2.70. The number of carbonyl (C=O) groups is 1. The molecular formula is C16H13Cl2NO. The molecule has 1 N–H and O–H groups in total. The molecule has 0 atom stereocenters. The Morgan fingerprint density at radius 3 is 2.45 bits per heavy atom. The lowest BCUT2D eigenvalue weighted by Gasteiger charge is -2.02. The molecule has 0 aromatic heterocycles. The van der Waals surface area contributed by atoms with Gasteiger partial charge in [-0.1, -0.05) is 53.5 Å². The van der Waals surface area contributed by atoms with E-state index in [1.165, 1.54) is 6.08 Å². The zero-order chi connectivity index (χ0) is 14.4. The summed E-state index contributed by atoms with van der Waals surface area (Å²) in [6.07, 6.45) is 3.16. The molecule has 0 bridgehead atoms. The Morgan fingerprint density at radius 1 is 1.05 bits per heavy atom. The Bertz CT molecular complexity index is 621. The fourth-order valence-corrected chi connectivity index (χ4v) is 1.95. The maximum absolute atomic E-state index is 11.7. The van der Waals surface area contributed by atoms with Crippen molar-refractivity contribution >= 4 is 35.2 Å². The van der Waals surface area contributed by atoms with Crippen LogP contribution in [0, 0.1) is 0 Å². The highest BCUT2D eigenvalue weighted by Gasteiger charge is 1.98. The van der Waals surface area contributed by atoms with Crippen molar-refractivity contribution in [2.24, 2.45) is 0 Å². The van der Waals surface area contributed by atoms with Gasteiger partial charge in [0, 0.05) is 22.7 Å². The molecule has 0 radical (unpaired) electrons. The van der Waals surface area contributed by atoms with Gasteiger partial charge < -0.3 is 5.32 Å². The topological polar surface area (TPSA) is 29.1 Å². The summed E-state index contributed by atoms with van der Waals surface area (Å²) < 4.78 is 0. The van der Waals surface area contributed by atoms with E-state index in [1.807, 2.05) is 30.3 Å². The van der Waals surface area contributed by atoms with Crippen molar-refractivity contribution in [2.75, 3.05) is 0 Å². The van der Waals surface area contributed by atoms with Crippen LogP contribution in [0.1, 0.15) is 11.1 Å². The monoisotopic (exact) mass is 305 g/mol. The smallest absolute Gasteiger partial charge is 0.244 e. The zero-order valence-corrected chi connectivity index (χ0v) is 12.2. The summed E-state index contributed by atoms with van der Waals surface area (Å²) in [5.74, 6) is -0.167. The van der Waals surface area contributed by atoms with Crippen LogP contribution in [0.2, 0.25) is 10.0 Å². The molecule has 4 heteroatoms. The number of benzene rings is 2. The molecule has 0 saturated carbocycles. The van der Waals surface area contributed by atoms with Crippen LogP contribution in [0.5, 0.6) is 0 Å². The van der Waals surface area contributed by atoms with Crippen LogP contribution in [-0.4, -0.2) is 5.91 Å². The SMILES string of the molecule is O=C(C=Cc1ccccc1Cl)NCc1ccc(Cl)cc1. The quantitative estimate of drug-likeness (QED) is 0.837. The number of carbonyl (C=O) groups excluding carboxylic acids is 1. The maximum Gasteiger partial charge on any atom is 0.244 e. The minimum Gasteiger partial charge on any atom is -0.348 e. The molecule has 0 aliphatic carbocycles. The standard InChI is InChI=1S/C16H13Cl2NO/c17-14-8-5-12(6-9-14)11-19-16(20)10-7-13-3-1-2-4-15(13)18/h1-10H,11H2,(H,19,20). The lowest BCUT2D eigenvalue weighted by atomic mass is 10.2. The summed E-state index contributed by atoms with van der Waals surface area (Å²) >= 11 is 11.8. The highest BCUT2D eigenvalue weighted by molar-refractivity contribution is 6.32. The van der Waals surface area contributed by atoms with E-state index in [4.69, 9.17) is 23.2 Å². The molecule has 2 nitrogen and oxygen atoms in total. The van der Waals surface area contributed by atoms with Gasteiger partial charge in [-0.3, -0.25) is 4.79 Å². The van der Waals surface area contributed by atoms with Crippen molar-refractivity contribution in [3.8, 4) is 0 Å². The summed E-state index contributed by atoms with van der Waals surface area (Å²) in [6, 6.07) is 14.7. The number of amides is 1. The summed E-state index contributed by atoms with van der Waals surface area (Å²) in [5, 5.41) is 4.10. The highest BCUT2D eigenvalue weighted by Crippen LogP contribution is 2.16. The lowest BCUT2D eigenvalue weighted by molar-refractivity contribution is -0.116. The predicted molar refractivity (Wildman–Crippen MR) is 83.8 cm³/mol. The molecular weight excluding hydrogens is 293 g/mol. The second-order valence-corrected chi connectivity index (χ2v) is 5.04. The third kappa shape index (κ3) is 4.41. The first-order valence-corrected chi connectivity index (χ1v) is 6.85. The van der Waals surface area contributed by atoms with Crippen LogP contribution >= 0.6 is 23.2 Å². The summed E-state index contributed by atoms with van der Waals surface area (Å²) in [7, 11) is 0. The van der Waals surface area contributed by atoms with Gasteiger partial charge in [0.1, 0.15) is 0 Å². The first-order chi connectivity index (χ1) is 9.65. The van der Waals surface area contributed by atoms with Crippen LogP contribution in [0.3, 0.4) is 0 Å². The van der Waals surface area contributed by atoms with Crippen LogP contribution in [-0.2, 0) is 11.3 Å². The molecule has 102 valence electrons. The molecule has 2 aromatic rings. The third-order valence-corrected chi connectivity index (χ3v) is 3.30. The Labute approximate surface area is 128 Å². The predicted octanol–water partition coefficient (Wildman–Crippen LogP) is 4.32. The maximum atomic E-state index is 11.7. The van der Waals surface area contributed by atoms with Gasteiger partial charge in [-0.15, -0.1) is 0 Å². The minimum atomic E-state index is -0.167. The van der Waals surface area contributed by atoms with E-state index in [0.717, 1.165) is 11.1 Å². The molecule has 0 aliphatic rings. The lowest BCUT2D eigenvalue weighted by Crippen LogP contribution is -2.20. The van der Waals surface area contributed by atoms with Gasteiger partial charge in [0.25, 0.3) is 0 Å². The van der Waals surface area contributed by atoms with E-state index in [9.17, 15) is 4.79 Å². The average Bonchev–Trinajstić information content (AvgIpc) is 2.46. The van der Waals surface area contributed by atoms with E-state index in [-0.39, 0.29) is 5.91 Å². The van der Waals surface area contributed by atoms with Crippen molar-refractivity contribution in [1.82, 2.24) is 5.32 Å². The van der Waals surface area contributed by atoms with Gasteiger partial charge in [0.2, 0.25) is 5.91 Å². The van der Waals surface area contributed by atoms with Crippen molar-refractivity contribution in [2.45, 2.75) is 6.54 Å². The number of halogens is 2. The van der Waals surface area contributed by atoms with Gasteiger partial charge in [-0.2, -0.15) is 0 Å². The second-order valence-electron chi connectivity index (χ2n) is 4.20. The molecule has 2 aromatic carbocycles. The van der Waals surface area contributed by atoms with Crippen LogP contribution in [0.15, 0.2) is 54.6 Å². The fraction of sp³-hybridized carbons (Fsp3) is 0.0625. The van der Waals surface area contributed by atoms with E-state index in [1.54, 1.807) is 24.3 Å². The van der Waals surface area contributed by atoms with Gasteiger partial charge in [0.05, 0.1) is 0 Å². The molecule has 0 heterocycles. The van der Waals surface area contributed by atoms with E-state index in [2.05, 4.69) is 5.32 Å². The summed E-state index contributed by atoms with van der Waals surface area (Å²) in [4.78, 5) is 11.7. The van der Waals surface area contributed by atoms with E-state index in [0.29, 0.717) is 16.6 Å². The zero-order valence-electron chi connectivity index (χ0n) is 10.6. The molecule has 1 amide bonds. The Balaban J connectivity index is 1.90. The van der Waals surface area contributed by atoms with Gasteiger partial charge in [-0.05, 0) is 35.4 Å². The molecule has 0 fully saturated rings. The van der Waals surface area contributed by atoms with Gasteiger partial charge in [-0.25, -0.2) is 0 Å². The molecule has 20 heavy (non-hydrogen) atoms. The van der Waals surface area contributed by atoms with Gasteiger partial charge in [0.15, 0.2) is 0 Å². The van der Waals surface area contributed by atoms with E-state index < -0.39 is 0 Å². The van der Waals surface area contributed by atoms with Crippen LogP contribution in [0.4, 0.5) is 0 Å². The number of nitrogens with one attached hydrogen (secondary N) is 1. The fourth-order valence-electron chi connectivity index (χ4n) is 1.63. The first kappa shape index (κ1) is 14.6. The second kappa shape index (κ2) is 7.13. The normalized spacial score (nSPS) is 10.7. The number of hydrogen-bond donors (Lipinski definition) is 1.